The zero-order valence-corrected chi connectivity index (χ0v) is 16.4. The zero-order valence-electron chi connectivity index (χ0n) is 15.6. The van der Waals surface area contributed by atoms with E-state index >= 15 is 0 Å². The van der Waals surface area contributed by atoms with Crippen LogP contribution < -0.4 is 15.8 Å². The van der Waals surface area contributed by atoms with Crippen molar-refractivity contribution in [3.8, 4) is 5.75 Å². The van der Waals surface area contributed by atoms with E-state index in [0.717, 1.165) is 12.8 Å². The maximum Gasteiger partial charge on any atom is 0.232 e. The average molecular weight is 409 g/mol. The molecule has 4 rings (SSSR count). The van der Waals surface area contributed by atoms with Gasteiger partial charge in [-0.3, -0.25) is 4.79 Å². The molecule has 2 fully saturated rings. The first-order valence-electron chi connectivity index (χ1n) is 9.33. The number of benzene rings is 1. The first-order chi connectivity index (χ1) is 13.2. The quantitative estimate of drug-likeness (QED) is 0.724. The van der Waals surface area contributed by atoms with Crippen molar-refractivity contribution in [3.05, 3.63) is 36.0 Å². The molecular weight excluding hydrogens is 384 g/mol. The zero-order chi connectivity index (χ0) is 18.7. The van der Waals surface area contributed by atoms with E-state index in [2.05, 4.69) is 15.5 Å². The van der Waals surface area contributed by atoms with Gasteiger partial charge in [0.2, 0.25) is 17.6 Å². The summed E-state index contributed by atoms with van der Waals surface area (Å²) in [6.07, 6.45) is 3.52. The molecular formula is C19H25ClN4O4. The highest BCUT2D eigenvalue weighted by atomic mass is 35.5. The van der Waals surface area contributed by atoms with Gasteiger partial charge < -0.3 is 25.0 Å². The molecule has 0 bridgehead atoms. The summed E-state index contributed by atoms with van der Waals surface area (Å²) >= 11 is 0. The Kier molecular flexibility index (Phi) is 6.53. The van der Waals surface area contributed by atoms with E-state index < -0.39 is 5.41 Å². The molecule has 2 aliphatic rings. The van der Waals surface area contributed by atoms with E-state index in [1.165, 1.54) is 0 Å². The number of carbonyl (C=O) groups excluding carboxylic acids is 1. The molecule has 1 aromatic carbocycles. The molecule has 2 aromatic rings. The van der Waals surface area contributed by atoms with E-state index in [4.69, 9.17) is 19.7 Å². The number of amides is 1. The molecule has 8 nitrogen and oxygen atoms in total. The Bertz CT molecular complexity index is 785. The molecule has 0 radical (unpaired) electrons. The van der Waals surface area contributed by atoms with Crippen LogP contribution in [0, 0.1) is 5.41 Å². The number of aromatic nitrogens is 2. The van der Waals surface area contributed by atoms with Crippen molar-refractivity contribution in [3.63, 3.8) is 0 Å². The number of hydrogen-bond donors (Lipinski definition) is 2. The summed E-state index contributed by atoms with van der Waals surface area (Å²) in [7, 11) is 0. The van der Waals surface area contributed by atoms with E-state index in [1.807, 2.05) is 12.1 Å². The molecule has 28 heavy (non-hydrogen) atoms. The Morgan fingerprint density at radius 2 is 1.96 bits per heavy atom. The summed E-state index contributed by atoms with van der Waals surface area (Å²) < 4.78 is 16.3. The predicted molar refractivity (Wildman–Crippen MR) is 104 cm³/mol. The monoisotopic (exact) mass is 408 g/mol. The van der Waals surface area contributed by atoms with Crippen LogP contribution in [0.4, 0.5) is 5.69 Å². The van der Waals surface area contributed by atoms with E-state index in [1.54, 1.807) is 12.1 Å². The number of halogens is 1. The summed E-state index contributed by atoms with van der Waals surface area (Å²) in [5.74, 6) is 2.29. The van der Waals surface area contributed by atoms with Crippen LogP contribution in [0.5, 0.6) is 5.75 Å². The van der Waals surface area contributed by atoms with Gasteiger partial charge in [0.1, 0.15) is 5.75 Å². The van der Waals surface area contributed by atoms with Gasteiger partial charge >= 0.3 is 0 Å². The van der Waals surface area contributed by atoms with E-state index in [-0.39, 0.29) is 24.9 Å². The fourth-order valence-electron chi connectivity index (χ4n) is 3.15. The Labute approximate surface area is 169 Å². The second-order valence-corrected chi connectivity index (χ2v) is 7.19. The third-order valence-electron chi connectivity index (χ3n) is 5.21. The van der Waals surface area contributed by atoms with Crippen molar-refractivity contribution in [1.29, 1.82) is 0 Å². The van der Waals surface area contributed by atoms with Crippen LogP contribution in [0.2, 0.25) is 0 Å². The normalized spacial score (nSPS) is 18.2. The lowest BCUT2D eigenvalue weighted by Gasteiger charge is -2.34. The highest BCUT2D eigenvalue weighted by Crippen LogP contribution is 2.38. The second kappa shape index (κ2) is 8.89. The fourth-order valence-corrected chi connectivity index (χ4v) is 3.15. The Morgan fingerprint density at radius 1 is 1.25 bits per heavy atom. The number of hydrogen-bond acceptors (Lipinski definition) is 7. The minimum Gasteiger partial charge on any atom is -0.485 e. The molecule has 9 heteroatoms. The number of carbonyl (C=O) groups is 1. The van der Waals surface area contributed by atoms with Crippen LogP contribution in [-0.2, 0) is 16.1 Å². The maximum absolute atomic E-state index is 12.7. The summed E-state index contributed by atoms with van der Waals surface area (Å²) in [6, 6.07) is 7.22. The van der Waals surface area contributed by atoms with Gasteiger partial charge in [-0.15, -0.1) is 12.4 Å². The van der Waals surface area contributed by atoms with Crippen LogP contribution in [-0.4, -0.2) is 35.8 Å². The van der Waals surface area contributed by atoms with Crippen molar-refractivity contribution >= 4 is 24.0 Å². The average Bonchev–Trinajstić information content (AvgIpc) is 3.46. The summed E-state index contributed by atoms with van der Waals surface area (Å²) in [6.45, 7) is 1.70. The van der Waals surface area contributed by atoms with Gasteiger partial charge in [0.15, 0.2) is 6.61 Å². The van der Waals surface area contributed by atoms with Gasteiger partial charge in [-0.25, -0.2) is 0 Å². The van der Waals surface area contributed by atoms with Crippen LogP contribution in [0.25, 0.3) is 0 Å². The molecule has 1 amide bonds. The molecule has 0 atom stereocenters. The maximum atomic E-state index is 12.7. The highest BCUT2D eigenvalue weighted by Gasteiger charge is 2.38. The number of rotatable bonds is 7. The number of ether oxygens (including phenoxy) is 2. The molecule has 1 saturated carbocycles. The van der Waals surface area contributed by atoms with E-state index in [9.17, 15) is 4.79 Å². The molecule has 152 valence electrons. The van der Waals surface area contributed by atoms with Crippen LogP contribution >= 0.6 is 12.4 Å². The lowest BCUT2D eigenvalue weighted by Crippen LogP contribution is -2.46. The summed E-state index contributed by atoms with van der Waals surface area (Å²) in [4.78, 5) is 17.0. The topological polar surface area (TPSA) is 113 Å². The molecule has 2 heterocycles. The molecule has 1 aromatic heterocycles. The molecule has 3 N–H and O–H groups in total. The van der Waals surface area contributed by atoms with Crippen molar-refractivity contribution in [1.82, 2.24) is 10.1 Å². The van der Waals surface area contributed by atoms with Crippen LogP contribution in [0.15, 0.2) is 28.8 Å². The summed E-state index contributed by atoms with van der Waals surface area (Å²) in [5, 5.41) is 6.89. The molecule has 1 saturated heterocycles. The Hall–Kier alpha value is -2.16. The molecule has 1 aliphatic heterocycles. The second-order valence-electron chi connectivity index (χ2n) is 7.19. The van der Waals surface area contributed by atoms with Crippen molar-refractivity contribution < 1.29 is 18.8 Å². The van der Waals surface area contributed by atoms with Crippen molar-refractivity contribution in [2.24, 2.45) is 11.1 Å². The molecule has 0 spiro atoms. The van der Waals surface area contributed by atoms with Gasteiger partial charge in [0.05, 0.1) is 5.41 Å². The smallest absolute Gasteiger partial charge is 0.232 e. The lowest BCUT2D eigenvalue weighted by molar-refractivity contribution is -0.130. The predicted octanol–water partition coefficient (Wildman–Crippen LogP) is 2.64. The minimum atomic E-state index is -0.550. The van der Waals surface area contributed by atoms with Crippen LogP contribution in [0.3, 0.4) is 0 Å². The third-order valence-corrected chi connectivity index (χ3v) is 5.21. The van der Waals surface area contributed by atoms with Gasteiger partial charge in [0.25, 0.3) is 0 Å². The fraction of sp³-hybridized carbons (Fsp3) is 0.526. The molecule has 0 unspecified atom stereocenters. The molecule has 1 aliphatic carbocycles. The third kappa shape index (κ3) is 4.63. The lowest BCUT2D eigenvalue weighted by atomic mass is 9.79. The standard InChI is InChI=1S/C19H24N4O4.ClH/c20-12-19(7-9-25-10-8-19)18(24)21-14-3-5-15(6-4-14)26-11-16-22-17(27-23-16)13-1-2-13;/h3-6,13H,1-2,7-12,20H2,(H,21,24);1H. The number of nitrogens with two attached hydrogens (primary N) is 1. The first kappa shape index (κ1) is 20.6. The van der Waals surface area contributed by atoms with Gasteiger partial charge in [-0.1, -0.05) is 5.16 Å². The van der Waals surface area contributed by atoms with Crippen molar-refractivity contribution in [2.75, 3.05) is 25.1 Å². The Balaban J connectivity index is 0.00000225. The Morgan fingerprint density at radius 3 is 2.61 bits per heavy atom. The SMILES string of the molecule is Cl.NCC1(C(=O)Nc2ccc(OCc3noc(C4CC4)n3)cc2)CCOCC1. The van der Waals surface area contributed by atoms with E-state index in [0.29, 0.717) is 61.7 Å². The van der Waals surface area contributed by atoms with Crippen LogP contribution in [0.1, 0.15) is 43.3 Å². The van der Waals surface area contributed by atoms with Gasteiger partial charge in [-0.2, -0.15) is 4.98 Å². The first-order valence-corrected chi connectivity index (χ1v) is 9.33. The van der Waals surface area contributed by atoms with Gasteiger partial charge in [0, 0.05) is 31.4 Å². The summed E-state index contributed by atoms with van der Waals surface area (Å²) in [5.41, 5.74) is 6.04. The van der Waals surface area contributed by atoms with Gasteiger partial charge in [-0.05, 0) is 49.9 Å². The highest BCUT2D eigenvalue weighted by molar-refractivity contribution is 5.95. The van der Waals surface area contributed by atoms with Crippen molar-refractivity contribution in [2.45, 2.75) is 38.2 Å². The number of nitrogens with one attached hydrogen (secondary N) is 1. The minimum absolute atomic E-state index is 0. The number of nitrogens with zero attached hydrogens (tertiary/aromatic N) is 2. The largest absolute Gasteiger partial charge is 0.485 e. The number of anilines is 1.